The molecule has 25 heavy (non-hydrogen) atoms. The van der Waals surface area contributed by atoms with Crippen molar-refractivity contribution in [1.29, 1.82) is 0 Å². The average Bonchev–Trinajstić information content (AvgIpc) is 2.83. The lowest BCUT2D eigenvalue weighted by molar-refractivity contribution is -0.122. The number of fused-ring (bicyclic) bond motifs is 1. The molecule has 1 unspecified atom stereocenters. The molecule has 2 aliphatic rings. The van der Waals surface area contributed by atoms with Crippen molar-refractivity contribution in [2.75, 3.05) is 0 Å². The summed E-state index contributed by atoms with van der Waals surface area (Å²) in [7, 11) is 0. The molecular weight excluding hydrogens is 308 g/mol. The van der Waals surface area contributed by atoms with Crippen LogP contribution in [-0.2, 0) is 17.6 Å². The van der Waals surface area contributed by atoms with Gasteiger partial charge in [0.05, 0.1) is 5.57 Å². The predicted molar refractivity (Wildman–Crippen MR) is 104 cm³/mol. The number of hydrogen-bond donors (Lipinski definition) is 1. The summed E-state index contributed by atoms with van der Waals surface area (Å²) >= 11 is 0. The molecule has 2 heteroatoms. The summed E-state index contributed by atoms with van der Waals surface area (Å²) in [5.74, 6) is 0.783. The molecular formula is C23H32O2. The van der Waals surface area contributed by atoms with Gasteiger partial charge in [-0.1, -0.05) is 52.3 Å². The fourth-order valence-corrected chi connectivity index (χ4v) is 5.22. The van der Waals surface area contributed by atoms with Crippen LogP contribution >= 0.6 is 0 Å². The van der Waals surface area contributed by atoms with Crippen LogP contribution in [0.15, 0.2) is 17.9 Å². The third-order valence-electron chi connectivity index (χ3n) is 6.62. The number of hydrogen-bond acceptors (Lipinski definition) is 2. The van der Waals surface area contributed by atoms with Crippen LogP contribution in [0.4, 0.5) is 0 Å². The summed E-state index contributed by atoms with van der Waals surface area (Å²) in [6, 6.07) is 4.36. The molecule has 1 N–H and O–H groups in total. The van der Waals surface area contributed by atoms with Gasteiger partial charge < -0.3 is 5.11 Å². The predicted octanol–water partition coefficient (Wildman–Crippen LogP) is 5.66. The van der Waals surface area contributed by atoms with E-state index in [9.17, 15) is 9.90 Å². The maximum Gasteiger partial charge on any atom is 0.170 e. The molecule has 1 aromatic carbocycles. The average molecular weight is 341 g/mol. The Morgan fingerprint density at radius 1 is 1.16 bits per heavy atom. The van der Waals surface area contributed by atoms with Gasteiger partial charge in [-0.15, -0.1) is 0 Å². The van der Waals surface area contributed by atoms with E-state index in [0.717, 1.165) is 31.2 Å². The van der Waals surface area contributed by atoms with E-state index in [2.05, 4.69) is 53.7 Å². The number of Topliss-reactive ketones (excluding diaryl/α,β-unsaturated/α-hetero) is 1. The standard InChI is InChI=1S/C23H32O2/c1-7-15-11-13(3)12-16(8-2)18(15)19-21(24)17-14(4)9-10-23(5,6)20(17)22(19)25/h11-12,14,17,20,25H,7-10H2,1-6H3/t14?,17-,20+/m0/s1. The number of aliphatic hydroxyl groups excluding tert-OH is 1. The second-order valence-corrected chi connectivity index (χ2v) is 8.80. The van der Waals surface area contributed by atoms with Crippen LogP contribution in [-0.4, -0.2) is 10.9 Å². The Kier molecular flexibility index (Phi) is 4.59. The van der Waals surface area contributed by atoms with E-state index in [1.807, 2.05) is 0 Å². The minimum Gasteiger partial charge on any atom is -0.511 e. The normalized spacial score (nSPS) is 28.4. The number of allylic oxidation sites excluding steroid dienone is 2. The highest BCUT2D eigenvalue weighted by Gasteiger charge is 2.54. The van der Waals surface area contributed by atoms with Gasteiger partial charge in [0, 0.05) is 11.8 Å². The Labute approximate surface area is 152 Å². The van der Waals surface area contributed by atoms with Crippen LogP contribution in [0.25, 0.3) is 5.57 Å². The first-order valence-electron chi connectivity index (χ1n) is 9.83. The highest BCUT2D eigenvalue weighted by molar-refractivity contribution is 6.25. The van der Waals surface area contributed by atoms with Crippen molar-refractivity contribution in [1.82, 2.24) is 0 Å². The first kappa shape index (κ1) is 18.2. The second kappa shape index (κ2) is 6.30. The van der Waals surface area contributed by atoms with Crippen molar-refractivity contribution in [3.8, 4) is 0 Å². The Balaban J connectivity index is 2.24. The van der Waals surface area contributed by atoms with E-state index >= 15 is 0 Å². The first-order valence-corrected chi connectivity index (χ1v) is 9.83. The van der Waals surface area contributed by atoms with Gasteiger partial charge in [-0.2, -0.15) is 0 Å². The molecule has 1 saturated carbocycles. The maximum absolute atomic E-state index is 13.5. The molecule has 0 amide bonds. The van der Waals surface area contributed by atoms with E-state index in [0.29, 0.717) is 17.3 Å². The second-order valence-electron chi connectivity index (χ2n) is 8.80. The summed E-state index contributed by atoms with van der Waals surface area (Å²) in [5, 5.41) is 11.2. The highest BCUT2D eigenvalue weighted by Crippen LogP contribution is 2.56. The van der Waals surface area contributed by atoms with Crippen LogP contribution in [0.2, 0.25) is 0 Å². The molecule has 3 rings (SSSR count). The van der Waals surface area contributed by atoms with Crippen LogP contribution < -0.4 is 0 Å². The number of aliphatic hydroxyl groups is 1. The lowest BCUT2D eigenvalue weighted by Gasteiger charge is -2.43. The zero-order chi connectivity index (χ0) is 18.5. The molecule has 2 nitrogen and oxygen atoms in total. The number of aryl methyl sites for hydroxylation is 3. The molecule has 0 radical (unpaired) electrons. The zero-order valence-corrected chi connectivity index (χ0v) is 16.6. The van der Waals surface area contributed by atoms with E-state index in [1.165, 1.54) is 16.7 Å². The van der Waals surface area contributed by atoms with Crippen molar-refractivity contribution in [3.63, 3.8) is 0 Å². The van der Waals surface area contributed by atoms with E-state index in [1.54, 1.807) is 0 Å². The van der Waals surface area contributed by atoms with Gasteiger partial charge in [0.25, 0.3) is 0 Å². The fraction of sp³-hybridized carbons (Fsp3) is 0.609. The lowest BCUT2D eigenvalue weighted by Crippen LogP contribution is -2.40. The van der Waals surface area contributed by atoms with Crippen LogP contribution in [0.5, 0.6) is 0 Å². The van der Waals surface area contributed by atoms with Gasteiger partial charge in [0.1, 0.15) is 5.76 Å². The molecule has 3 atom stereocenters. The smallest absolute Gasteiger partial charge is 0.170 e. The molecule has 0 bridgehead atoms. The molecule has 1 fully saturated rings. The molecule has 1 aromatic rings. The number of rotatable bonds is 3. The molecule has 0 heterocycles. The topological polar surface area (TPSA) is 37.3 Å². The summed E-state index contributed by atoms with van der Waals surface area (Å²) in [6.45, 7) is 13.0. The summed E-state index contributed by atoms with van der Waals surface area (Å²) < 4.78 is 0. The minimum atomic E-state index is -0.0607. The van der Waals surface area contributed by atoms with Crippen LogP contribution in [0, 0.1) is 30.1 Å². The Morgan fingerprint density at radius 3 is 2.20 bits per heavy atom. The molecule has 0 saturated heterocycles. The number of carbonyl (C=O) groups excluding carboxylic acids is 1. The molecule has 0 aromatic heterocycles. The largest absolute Gasteiger partial charge is 0.511 e. The third-order valence-corrected chi connectivity index (χ3v) is 6.62. The van der Waals surface area contributed by atoms with E-state index in [4.69, 9.17) is 0 Å². The van der Waals surface area contributed by atoms with Crippen molar-refractivity contribution in [2.24, 2.45) is 23.2 Å². The van der Waals surface area contributed by atoms with Gasteiger partial charge in [0.15, 0.2) is 5.78 Å². The van der Waals surface area contributed by atoms with E-state index < -0.39 is 0 Å². The Bertz CT molecular complexity index is 713. The Hall–Kier alpha value is -1.57. The zero-order valence-electron chi connectivity index (χ0n) is 16.6. The summed E-state index contributed by atoms with van der Waals surface area (Å²) in [4.78, 5) is 13.5. The Morgan fingerprint density at radius 2 is 1.72 bits per heavy atom. The summed E-state index contributed by atoms with van der Waals surface area (Å²) in [5.41, 5.74) is 5.24. The molecule has 2 aliphatic carbocycles. The van der Waals surface area contributed by atoms with Crippen molar-refractivity contribution in [3.05, 3.63) is 40.1 Å². The monoisotopic (exact) mass is 340 g/mol. The van der Waals surface area contributed by atoms with Gasteiger partial charge in [-0.3, -0.25) is 4.79 Å². The molecule has 0 spiro atoms. The number of carbonyl (C=O) groups is 1. The third kappa shape index (κ3) is 2.74. The van der Waals surface area contributed by atoms with Gasteiger partial charge >= 0.3 is 0 Å². The van der Waals surface area contributed by atoms with Crippen molar-refractivity contribution < 1.29 is 9.90 Å². The van der Waals surface area contributed by atoms with Crippen LogP contribution in [0.1, 0.15) is 69.7 Å². The van der Waals surface area contributed by atoms with Gasteiger partial charge in [-0.25, -0.2) is 0 Å². The lowest BCUT2D eigenvalue weighted by atomic mass is 9.61. The quantitative estimate of drug-likeness (QED) is 0.771. The minimum absolute atomic E-state index is 0.0257. The number of benzene rings is 1. The van der Waals surface area contributed by atoms with Crippen molar-refractivity contribution in [2.45, 2.75) is 67.2 Å². The SMILES string of the molecule is CCc1cc(C)cc(CC)c1C1=C(O)[C@H]2[C@@H](C1=O)C(C)CCC2(C)C. The van der Waals surface area contributed by atoms with Crippen LogP contribution in [0.3, 0.4) is 0 Å². The molecule has 136 valence electrons. The summed E-state index contributed by atoms with van der Waals surface area (Å²) in [6.07, 6.45) is 3.88. The van der Waals surface area contributed by atoms with Gasteiger partial charge in [0.2, 0.25) is 0 Å². The molecule has 0 aliphatic heterocycles. The highest BCUT2D eigenvalue weighted by atomic mass is 16.3. The maximum atomic E-state index is 13.5. The fourth-order valence-electron chi connectivity index (χ4n) is 5.22. The van der Waals surface area contributed by atoms with Gasteiger partial charge in [-0.05, 0) is 60.6 Å². The first-order chi connectivity index (χ1) is 11.7. The van der Waals surface area contributed by atoms with E-state index in [-0.39, 0.29) is 23.0 Å². The van der Waals surface area contributed by atoms with Crippen molar-refractivity contribution >= 4 is 11.4 Å². The number of ketones is 1.